The molecule has 3 aromatic rings. The lowest BCUT2D eigenvalue weighted by molar-refractivity contribution is -0.384. The fraction of sp³-hybridized carbons (Fsp3) is 0.0370. The minimum atomic E-state index is -1.15. The molecule has 186 valence electrons. The van der Waals surface area contributed by atoms with E-state index in [0.717, 1.165) is 18.2 Å². The van der Waals surface area contributed by atoms with E-state index in [2.05, 4.69) is 10.6 Å². The minimum absolute atomic E-state index is 0.0990. The fourth-order valence-electron chi connectivity index (χ4n) is 3.69. The average molecular weight is 508 g/mol. The molecular formula is C27H16N4O7. The summed E-state index contributed by atoms with van der Waals surface area (Å²) in [7, 11) is 0. The van der Waals surface area contributed by atoms with Crippen LogP contribution in [0.15, 0.2) is 72.8 Å². The van der Waals surface area contributed by atoms with E-state index in [4.69, 9.17) is 5.26 Å². The van der Waals surface area contributed by atoms with Gasteiger partial charge in [-0.25, -0.2) is 0 Å². The molecule has 0 heterocycles. The summed E-state index contributed by atoms with van der Waals surface area (Å²) in [6.45, 7) is 0. The van der Waals surface area contributed by atoms with Gasteiger partial charge < -0.3 is 10.6 Å². The number of fused-ring (bicyclic) bond motifs is 1. The first-order valence-corrected chi connectivity index (χ1v) is 11.0. The van der Waals surface area contributed by atoms with Crippen molar-refractivity contribution >= 4 is 51.8 Å². The van der Waals surface area contributed by atoms with Crippen molar-refractivity contribution in [3.8, 4) is 6.07 Å². The Morgan fingerprint density at radius 2 is 1.63 bits per heavy atom. The molecule has 4 rings (SSSR count). The maximum absolute atomic E-state index is 12.6. The normalized spacial score (nSPS) is 12.0. The molecule has 0 saturated heterocycles. The van der Waals surface area contributed by atoms with Crippen molar-refractivity contribution in [1.29, 1.82) is 5.26 Å². The summed E-state index contributed by atoms with van der Waals surface area (Å²) in [5.74, 6) is -4.11. The van der Waals surface area contributed by atoms with Gasteiger partial charge in [0.1, 0.15) is 6.07 Å². The third kappa shape index (κ3) is 5.24. The molecule has 38 heavy (non-hydrogen) atoms. The van der Waals surface area contributed by atoms with Crippen LogP contribution in [0.3, 0.4) is 0 Å². The van der Waals surface area contributed by atoms with E-state index in [1.165, 1.54) is 30.3 Å². The number of Topliss-reactive ketones (excluding diaryl/α,β-unsaturated/α-hetero) is 3. The number of amides is 1. The number of anilines is 2. The van der Waals surface area contributed by atoms with Crippen molar-refractivity contribution in [2.75, 3.05) is 10.6 Å². The largest absolute Gasteiger partial charge is 0.355 e. The van der Waals surface area contributed by atoms with Crippen molar-refractivity contribution in [1.82, 2.24) is 0 Å². The predicted octanol–water partition coefficient (Wildman–Crippen LogP) is 3.47. The van der Waals surface area contributed by atoms with Crippen LogP contribution in [0.1, 0.15) is 38.3 Å². The Kier molecular flexibility index (Phi) is 6.98. The van der Waals surface area contributed by atoms with E-state index in [-0.39, 0.29) is 28.1 Å². The standard InChI is InChI=1S/C27H16N4O7/c28-14-16-11-18(31(37)38)9-10-21(16)30-27(36)25(34)13-23(32)15-5-7-17(8-6-15)29-22-12-24(33)26(35)20-4-2-1-3-19(20)22/h1-12,29H,13H2,(H,30,36). The Labute approximate surface area is 214 Å². The Bertz CT molecular complexity index is 1620. The van der Waals surface area contributed by atoms with Crippen LogP contribution in [-0.2, 0) is 14.4 Å². The second-order valence-electron chi connectivity index (χ2n) is 8.08. The Morgan fingerprint density at radius 3 is 2.29 bits per heavy atom. The van der Waals surface area contributed by atoms with E-state index in [9.17, 15) is 34.1 Å². The van der Waals surface area contributed by atoms with Gasteiger partial charge in [0.05, 0.1) is 28.3 Å². The minimum Gasteiger partial charge on any atom is -0.355 e. The second kappa shape index (κ2) is 10.5. The Balaban J connectivity index is 1.41. The van der Waals surface area contributed by atoms with E-state index >= 15 is 0 Å². The Morgan fingerprint density at radius 1 is 0.947 bits per heavy atom. The highest BCUT2D eigenvalue weighted by Gasteiger charge is 2.25. The molecule has 0 aliphatic heterocycles. The van der Waals surface area contributed by atoms with Crippen molar-refractivity contribution in [3.05, 3.63) is 105 Å². The van der Waals surface area contributed by atoms with Crippen LogP contribution in [0.25, 0.3) is 5.70 Å². The molecule has 0 saturated carbocycles. The lowest BCUT2D eigenvalue weighted by Gasteiger charge is -2.18. The second-order valence-corrected chi connectivity index (χ2v) is 8.08. The molecule has 0 bridgehead atoms. The molecule has 0 unspecified atom stereocenters. The van der Waals surface area contributed by atoms with Crippen LogP contribution in [-0.4, -0.2) is 34.0 Å². The molecule has 0 spiro atoms. The molecule has 1 aliphatic carbocycles. The molecule has 0 aromatic heterocycles. The zero-order chi connectivity index (χ0) is 27.4. The number of carbonyl (C=O) groups is 5. The van der Waals surface area contributed by atoms with Crippen molar-refractivity contribution in [3.63, 3.8) is 0 Å². The number of non-ortho nitro benzene ring substituents is 1. The lowest BCUT2D eigenvalue weighted by atomic mass is 9.92. The van der Waals surface area contributed by atoms with Gasteiger partial charge in [-0.1, -0.05) is 24.3 Å². The molecule has 2 N–H and O–H groups in total. The third-order valence-corrected chi connectivity index (χ3v) is 5.60. The maximum Gasteiger partial charge on any atom is 0.292 e. The van der Waals surface area contributed by atoms with Gasteiger partial charge >= 0.3 is 0 Å². The zero-order valence-corrected chi connectivity index (χ0v) is 19.4. The first-order valence-electron chi connectivity index (χ1n) is 11.0. The first kappa shape index (κ1) is 25.3. The van der Waals surface area contributed by atoms with Gasteiger partial charge in [0.15, 0.2) is 5.78 Å². The number of allylic oxidation sites excluding steroid dienone is 1. The molecule has 0 atom stereocenters. The van der Waals surface area contributed by atoms with E-state index < -0.39 is 40.4 Å². The topological polar surface area (TPSA) is 176 Å². The van der Waals surface area contributed by atoms with Crippen molar-refractivity contribution in [2.24, 2.45) is 0 Å². The van der Waals surface area contributed by atoms with Crippen LogP contribution in [0.4, 0.5) is 17.1 Å². The Hall–Kier alpha value is -5.76. The number of nitrogens with zero attached hydrogens (tertiary/aromatic N) is 2. The third-order valence-electron chi connectivity index (χ3n) is 5.60. The summed E-state index contributed by atoms with van der Waals surface area (Å²) in [4.78, 5) is 71.4. The summed E-state index contributed by atoms with van der Waals surface area (Å²) in [5, 5.41) is 25.3. The summed E-state index contributed by atoms with van der Waals surface area (Å²) < 4.78 is 0. The number of carbonyl (C=O) groups excluding carboxylic acids is 5. The number of nitro groups is 1. The van der Waals surface area contributed by atoms with E-state index in [0.29, 0.717) is 16.9 Å². The quantitative estimate of drug-likeness (QED) is 0.152. The van der Waals surface area contributed by atoms with E-state index in [1.807, 2.05) is 0 Å². The summed E-state index contributed by atoms with van der Waals surface area (Å²) >= 11 is 0. The maximum atomic E-state index is 12.6. The molecule has 1 amide bonds. The van der Waals surface area contributed by atoms with Crippen LogP contribution < -0.4 is 10.6 Å². The number of benzene rings is 3. The molecular weight excluding hydrogens is 492 g/mol. The first-order chi connectivity index (χ1) is 18.2. The molecule has 3 aromatic carbocycles. The highest BCUT2D eigenvalue weighted by Crippen LogP contribution is 2.27. The van der Waals surface area contributed by atoms with Gasteiger partial charge in [-0.2, -0.15) is 5.26 Å². The average Bonchev–Trinajstić information content (AvgIpc) is 2.92. The SMILES string of the molecule is N#Cc1cc([N+](=O)[O-])ccc1NC(=O)C(=O)CC(=O)c1ccc(NC2=CC(=O)C(=O)c3ccccc32)cc1. The zero-order valence-electron chi connectivity index (χ0n) is 19.4. The molecule has 0 radical (unpaired) electrons. The molecule has 11 heteroatoms. The van der Waals surface area contributed by atoms with E-state index in [1.54, 1.807) is 30.3 Å². The monoisotopic (exact) mass is 508 g/mol. The van der Waals surface area contributed by atoms with Gasteiger partial charge in [0, 0.05) is 40.6 Å². The smallest absolute Gasteiger partial charge is 0.292 e. The lowest BCUT2D eigenvalue weighted by Crippen LogP contribution is -2.25. The molecule has 11 nitrogen and oxygen atoms in total. The highest BCUT2D eigenvalue weighted by atomic mass is 16.6. The van der Waals surface area contributed by atoms with Crippen LogP contribution in [0, 0.1) is 21.4 Å². The van der Waals surface area contributed by atoms with Gasteiger partial charge in [-0.3, -0.25) is 34.1 Å². The summed E-state index contributed by atoms with van der Waals surface area (Å²) in [5.41, 5.74) is 1.24. The summed E-state index contributed by atoms with van der Waals surface area (Å²) in [6, 6.07) is 17.4. The number of rotatable bonds is 8. The van der Waals surface area contributed by atoms with Gasteiger partial charge in [-0.05, 0) is 30.3 Å². The van der Waals surface area contributed by atoms with Crippen molar-refractivity contribution < 1.29 is 28.9 Å². The molecule has 1 aliphatic rings. The highest BCUT2D eigenvalue weighted by molar-refractivity contribution is 6.50. The number of nitro benzene ring substituents is 1. The number of nitriles is 1. The number of nitrogens with one attached hydrogen (secondary N) is 2. The van der Waals surface area contributed by atoms with Crippen LogP contribution >= 0.6 is 0 Å². The fourth-order valence-corrected chi connectivity index (χ4v) is 3.69. The van der Waals surface area contributed by atoms with Gasteiger partial charge in [0.2, 0.25) is 17.3 Å². The number of ketones is 4. The molecule has 0 fully saturated rings. The predicted molar refractivity (Wildman–Crippen MR) is 134 cm³/mol. The van der Waals surface area contributed by atoms with Gasteiger partial charge in [0.25, 0.3) is 11.6 Å². The van der Waals surface area contributed by atoms with Gasteiger partial charge in [-0.15, -0.1) is 0 Å². The summed E-state index contributed by atoms with van der Waals surface area (Å²) in [6.07, 6.45) is 0.451. The van der Waals surface area contributed by atoms with Crippen LogP contribution in [0.5, 0.6) is 0 Å². The number of hydrogen-bond acceptors (Lipinski definition) is 9. The number of hydrogen-bond donors (Lipinski definition) is 2. The van der Waals surface area contributed by atoms with Crippen LogP contribution in [0.2, 0.25) is 0 Å². The van der Waals surface area contributed by atoms with Crippen molar-refractivity contribution in [2.45, 2.75) is 6.42 Å².